The molecular weight excluding hydrogens is 264 g/mol. The highest BCUT2D eigenvalue weighted by Gasteiger charge is 2.10. The van der Waals surface area contributed by atoms with Gasteiger partial charge in [-0.2, -0.15) is 12.6 Å². The van der Waals surface area contributed by atoms with Crippen molar-refractivity contribution >= 4 is 29.6 Å². The second-order valence-corrected chi connectivity index (χ2v) is 4.92. The van der Waals surface area contributed by atoms with Gasteiger partial charge in [-0.25, -0.2) is 0 Å². The molecule has 0 fully saturated rings. The Hall–Kier alpha value is -1.62. The van der Waals surface area contributed by atoms with Crippen LogP contribution < -0.4 is 4.74 Å². The largest absolute Gasteiger partial charge is 0.480 e. The monoisotopic (exact) mass is 280 g/mol. The third-order valence-corrected chi connectivity index (χ3v) is 3.28. The molecule has 1 N–H and O–H groups in total. The molecule has 0 bridgehead atoms. The number of hydrogen-bond acceptors (Lipinski definition) is 4. The smallest absolute Gasteiger partial charge is 0.316 e. The lowest BCUT2D eigenvalue weighted by Crippen LogP contribution is -2.13. The Bertz CT molecular complexity index is 516. The minimum absolute atomic E-state index is 0.502. The number of carboxylic acids is 1. The van der Waals surface area contributed by atoms with Gasteiger partial charge >= 0.3 is 5.97 Å². The molecule has 0 aliphatic rings. The Morgan fingerprint density at radius 3 is 2.89 bits per heavy atom. The SMILES string of the molecule is O=C(O)C(S)CCCCOc1cc2ccccc2o1. The van der Waals surface area contributed by atoms with E-state index in [1.165, 1.54) is 0 Å². The van der Waals surface area contributed by atoms with Gasteiger partial charge in [0.05, 0.1) is 11.9 Å². The van der Waals surface area contributed by atoms with Crippen molar-refractivity contribution < 1.29 is 19.1 Å². The molecule has 1 unspecified atom stereocenters. The number of aliphatic carboxylic acids is 1. The normalized spacial score (nSPS) is 12.5. The summed E-state index contributed by atoms with van der Waals surface area (Å²) in [7, 11) is 0. The number of carbonyl (C=O) groups is 1. The van der Waals surface area contributed by atoms with Gasteiger partial charge < -0.3 is 14.3 Å². The van der Waals surface area contributed by atoms with E-state index in [4.69, 9.17) is 14.3 Å². The van der Waals surface area contributed by atoms with Crippen molar-refractivity contribution in [2.45, 2.75) is 24.5 Å². The zero-order valence-corrected chi connectivity index (χ0v) is 11.3. The van der Waals surface area contributed by atoms with Gasteiger partial charge in [-0.05, 0) is 25.3 Å². The number of thiol groups is 1. The molecule has 0 spiro atoms. The molecule has 0 saturated carbocycles. The molecule has 4 nitrogen and oxygen atoms in total. The molecule has 0 radical (unpaired) electrons. The Kier molecular flexibility index (Phi) is 4.74. The third-order valence-electron chi connectivity index (χ3n) is 2.80. The number of ether oxygens (including phenoxy) is 1. The van der Waals surface area contributed by atoms with Crippen LogP contribution in [0.3, 0.4) is 0 Å². The number of fused-ring (bicyclic) bond motifs is 1. The summed E-state index contributed by atoms with van der Waals surface area (Å²) in [5.41, 5.74) is 0.804. The maximum absolute atomic E-state index is 10.6. The van der Waals surface area contributed by atoms with E-state index < -0.39 is 11.2 Å². The Morgan fingerprint density at radius 2 is 2.16 bits per heavy atom. The van der Waals surface area contributed by atoms with Crippen LogP contribution in [0.1, 0.15) is 19.3 Å². The molecule has 0 saturated heterocycles. The van der Waals surface area contributed by atoms with E-state index in [1.807, 2.05) is 30.3 Å². The number of unbranched alkanes of at least 4 members (excludes halogenated alkanes) is 1. The highest BCUT2D eigenvalue weighted by atomic mass is 32.1. The summed E-state index contributed by atoms with van der Waals surface area (Å²) in [5, 5.41) is 9.10. The zero-order chi connectivity index (χ0) is 13.7. The summed E-state index contributed by atoms with van der Waals surface area (Å²) >= 11 is 3.97. The third kappa shape index (κ3) is 3.92. The van der Waals surface area contributed by atoms with E-state index in [9.17, 15) is 4.79 Å². The van der Waals surface area contributed by atoms with Crippen molar-refractivity contribution in [3.63, 3.8) is 0 Å². The van der Waals surface area contributed by atoms with Crippen LogP contribution in [0.25, 0.3) is 11.0 Å². The number of hydrogen-bond donors (Lipinski definition) is 2. The summed E-state index contributed by atoms with van der Waals surface area (Å²) in [4.78, 5) is 10.6. The molecule has 1 aromatic carbocycles. The fraction of sp³-hybridized carbons (Fsp3) is 0.357. The fourth-order valence-corrected chi connectivity index (χ4v) is 1.95. The second-order valence-electron chi connectivity index (χ2n) is 4.30. The van der Waals surface area contributed by atoms with Crippen LogP contribution in [0.2, 0.25) is 0 Å². The summed E-state index contributed by atoms with van der Waals surface area (Å²) in [5.74, 6) is -0.372. The molecule has 2 rings (SSSR count). The molecule has 0 aliphatic heterocycles. The van der Waals surface area contributed by atoms with Crippen LogP contribution in [0.5, 0.6) is 5.95 Å². The standard InChI is InChI=1S/C14H16O4S/c15-14(16)12(19)7-3-4-8-17-13-9-10-5-1-2-6-11(10)18-13/h1-2,5-6,9,12,19H,3-4,7-8H2,(H,15,16). The summed E-state index contributed by atoms with van der Waals surface area (Å²) in [6, 6.07) is 9.56. The minimum atomic E-state index is -0.874. The van der Waals surface area contributed by atoms with Gasteiger partial charge in [0.15, 0.2) is 0 Å². The summed E-state index contributed by atoms with van der Waals surface area (Å²) < 4.78 is 11.0. The minimum Gasteiger partial charge on any atom is -0.480 e. The average Bonchev–Trinajstić information content (AvgIpc) is 2.80. The van der Waals surface area contributed by atoms with Crippen molar-refractivity contribution in [3.05, 3.63) is 30.3 Å². The summed E-state index contributed by atoms with van der Waals surface area (Å²) in [6.45, 7) is 0.514. The van der Waals surface area contributed by atoms with Crippen LogP contribution in [0.15, 0.2) is 34.7 Å². The molecule has 102 valence electrons. The first-order valence-corrected chi connectivity index (χ1v) is 6.70. The van der Waals surface area contributed by atoms with Gasteiger partial charge in [0, 0.05) is 11.5 Å². The molecule has 19 heavy (non-hydrogen) atoms. The lowest BCUT2D eigenvalue weighted by Gasteiger charge is -2.05. The first-order chi connectivity index (χ1) is 9.16. The van der Waals surface area contributed by atoms with E-state index >= 15 is 0 Å². The number of benzene rings is 1. The zero-order valence-electron chi connectivity index (χ0n) is 10.4. The van der Waals surface area contributed by atoms with Gasteiger partial charge in [-0.3, -0.25) is 4.79 Å². The van der Waals surface area contributed by atoms with Gasteiger partial charge in [-0.1, -0.05) is 18.2 Å². The molecule has 5 heteroatoms. The predicted octanol–water partition coefficient (Wildman–Crippen LogP) is 3.36. The van der Waals surface area contributed by atoms with Crippen LogP contribution in [-0.2, 0) is 4.79 Å². The molecular formula is C14H16O4S. The topological polar surface area (TPSA) is 59.7 Å². The van der Waals surface area contributed by atoms with Crippen molar-refractivity contribution in [3.8, 4) is 5.95 Å². The predicted molar refractivity (Wildman–Crippen MR) is 76.0 cm³/mol. The first-order valence-electron chi connectivity index (χ1n) is 6.19. The molecule has 0 aliphatic carbocycles. The lowest BCUT2D eigenvalue weighted by molar-refractivity contribution is -0.136. The van der Waals surface area contributed by atoms with E-state index in [-0.39, 0.29) is 0 Å². The molecule has 1 heterocycles. The number of carboxylic acid groups (broad SMARTS) is 1. The Morgan fingerprint density at radius 1 is 1.37 bits per heavy atom. The molecule has 0 amide bonds. The Balaban J connectivity index is 1.72. The van der Waals surface area contributed by atoms with E-state index in [0.717, 1.165) is 23.8 Å². The van der Waals surface area contributed by atoms with Gasteiger partial charge in [0.25, 0.3) is 5.95 Å². The van der Waals surface area contributed by atoms with Crippen molar-refractivity contribution in [2.24, 2.45) is 0 Å². The maximum Gasteiger partial charge on any atom is 0.316 e. The Labute approximate surface area is 116 Å². The van der Waals surface area contributed by atoms with Crippen molar-refractivity contribution in [1.82, 2.24) is 0 Å². The van der Waals surface area contributed by atoms with Crippen LogP contribution >= 0.6 is 12.6 Å². The van der Waals surface area contributed by atoms with Crippen LogP contribution in [-0.4, -0.2) is 22.9 Å². The number of rotatable bonds is 7. The van der Waals surface area contributed by atoms with Gasteiger partial charge in [0.2, 0.25) is 0 Å². The second kappa shape index (κ2) is 6.52. The maximum atomic E-state index is 10.6. The van der Waals surface area contributed by atoms with E-state index in [2.05, 4.69) is 12.6 Å². The van der Waals surface area contributed by atoms with E-state index in [1.54, 1.807) is 0 Å². The molecule has 1 aromatic heterocycles. The highest BCUT2D eigenvalue weighted by molar-refractivity contribution is 7.81. The quantitative estimate of drug-likeness (QED) is 0.603. The number of para-hydroxylation sites is 1. The van der Waals surface area contributed by atoms with E-state index in [0.29, 0.717) is 19.0 Å². The van der Waals surface area contributed by atoms with Crippen LogP contribution in [0.4, 0.5) is 0 Å². The number of furan rings is 1. The highest BCUT2D eigenvalue weighted by Crippen LogP contribution is 2.24. The average molecular weight is 280 g/mol. The van der Waals surface area contributed by atoms with Gasteiger partial charge in [0.1, 0.15) is 5.58 Å². The van der Waals surface area contributed by atoms with Crippen molar-refractivity contribution in [2.75, 3.05) is 6.61 Å². The molecule has 1 atom stereocenters. The molecule has 2 aromatic rings. The van der Waals surface area contributed by atoms with Crippen molar-refractivity contribution in [1.29, 1.82) is 0 Å². The lowest BCUT2D eigenvalue weighted by atomic mass is 10.2. The summed E-state index contributed by atoms with van der Waals surface area (Å²) in [6.07, 6.45) is 2.09. The first kappa shape index (κ1) is 13.8. The van der Waals surface area contributed by atoms with Gasteiger partial charge in [-0.15, -0.1) is 0 Å². The van der Waals surface area contributed by atoms with Crippen LogP contribution in [0, 0.1) is 0 Å². The fourth-order valence-electron chi connectivity index (χ4n) is 1.76.